The Balaban J connectivity index is 1.63. The Bertz CT molecular complexity index is 830. The van der Waals surface area contributed by atoms with Gasteiger partial charge >= 0.3 is 0 Å². The van der Waals surface area contributed by atoms with Crippen LogP contribution >= 0.6 is 0 Å². The van der Waals surface area contributed by atoms with Gasteiger partial charge in [-0.2, -0.15) is 0 Å². The van der Waals surface area contributed by atoms with Gasteiger partial charge in [0.15, 0.2) is 0 Å². The van der Waals surface area contributed by atoms with Crippen molar-refractivity contribution in [2.75, 3.05) is 5.32 Å². The summed E-state index contributed by atoms with van der Waals surface area (Å²) in [5.74, 6) is 0.246. The van der Waals surface area contributed by atoms with E-state index in [0.717, 1.165) is 62.7 Å². The molecule has 0 saturated carbocycles. The Hall–Kier alpha value is -2.36. The van der Waals surface area contributed by atoms with Crippen LogP contribution in [0.25, 0.3) is 0 Å². The van der Waals surface area contributed by atoms with Gasteiger partial charge in [-0.05, 0) is 74.6 Å². The molecule has 0 amide bonds. The van der Waals surface area contributed by atoms with Crippen LogP contribution in [-0.2, 0) is 0 Å². The summed E-state index contributed by atoms with van der Waals surface area (Å²) in [5.41, 5.74) is 4.48. The molecule has 2 aliphatic carbocycles. The van der Waals surface area contributed by atoms with Crippen molar-refractivity contribution in [2.24, 2.45) is 0 Å². The van der Waals surface area contributed by atoms with Crippen LogP contribution in [0.4, 0.5) is 11.4 Å². The standard InChI is InChI=1S/C28H35NO2/c30-27-19-7-3-1-5-15-23(27)21-13-9-11-17-25(21)29-26-18-12-10-14-22(26)24-16-6-2-4-8-20-28(24)31/h1-4,9-14,17-18,23-24,27-31H,5-8,15-16,19-20H2/b3-1-,4-2-. The van der Waals surface area contributed by atoms with Gasteiger partial charge in [0, 0.05) is 23.2 Å². The van der Waals surface area contributed by atoms with E-state index >= 15 is 0 Å². The van der Waals surface area contributed by atoms with Crippen LogP contribution in [0.1, 0.15) is 74.3 Å². The predicted molar refractivity (Wildman–Crippen MR) is 129 cm³/mol. The number of hydrogen-bond donors (Lipinski definition) is 3. The molecule has 2 aromatic carbocycles. The number of anilines is 2. The first-order chi connectivity index (χ1) is 15.2. The van der Waals surface area contributed by atoms with Gasteiger partial charge in [0.05, 0.1) is 12.2 Å². The summed E-state index contributed by atoms with van der Waals surface area (Å²) in [7, 11) is 0. The molecular weight excluding hydrogens is 382 g/mol. The zero-order valence-electron chi connectivity index (χ0n) is 18.3. The highest BCUT2D eigenvalue weighted by Crippen LogP contribution is 2.38. The van der Waals surface area contributed by atoms with Crippen molar-refractivity contribution >= 4 is 11.4 Å². The molecule has 0 aliphatic heterocycles. The molecule has 0 heterocycles. The van der Waals surface area contributed by atoms with Crippen molar-refractivity contribution < 1.29 is 10.2 Å². The monoisotopic (exact) mass is 417 g/mol. The number of hydrogen-bond acceptors (Lipinski definition) is 3. The molecule has 3 nitrogen and oxygen atoms in total. The summed E-state index contributed by atoms with van der Waals surface area (Å²) < 4.78 is 0. The van der Waals surface area contributed by atoms with Crippen molar-refractivity contribution in [1.29, 1.82) is 0 Å². The van der Waals surface area contributed by atoms with Crippen molar-refractivity contribution in [3.63, 3.8) is 0 Å². The van der Waals surface area contributed by atoms with Crippen molar-refractivity contribution in [1.82, 2.24) is 0 Å². The molecular formula is C28H35NO2. The summed E-state index contributed by atoms with van der Waals surface area (Å²) in [5, 5.41) is 25.4. The van der Waals surface area contributed by atoms with Crippen LogP contribution in [0.15, 0.2) is 72.8 Å². The normalized spacial score (nSPS) is 29.1. The Morgan fingerprint density at radius 1 is 0.548 bits per heavy atom. The smallest absolute Gasteiger partial charge is 0.0612 e. The van der Waals surface area contributed by atoms with Crippen LogP contribution < -0.4 is 5.32 Å². The zero-order valence-corrected chi connectivity index (χ0v) is 18.3. The van der Waals surface area contributed by atoms with E-state index in [4.69, 9.17) is 0 Å². The topological polar surface area (TPSA) is 52.5 Å². The average molecular weight is 418 g/mol. The van der Waals surface area contributed by atoms with Crippen LogP contribution in [0.5, 0.6) is 0 Å². The van der Waals surface area contributed by atoms with Crippen LogP contribution in [-0.4, -0.2) is 22.4 Å². The molecule has 0 bridgehead atoms. The molecule has 31 heavy (non-hydrogen) atoms. The van der Waals surface area contributed by atoms with Gasteiger partial charge in [-0.15, -0.1) is 0 Å². The fourth-order valence-corrected chi connectivity index (χ4v) is 5.08. The molecule has 3 N–H and O–H groups in total. The lowest BCUT2D eigenvalue weighted by atomic mass is 9.83. The third-order valence-corrected chi connectivity index (χ3v) is 6.80. The minimum Gasteiger partial charge on any atom is -0.392 e. The highest BCUT2D eigenvalue weighted by molar-refractivity contribution is 5.67. The van der Waals surface area contributed by atoms with Gasteiger partial charge in [0.25, 0.3) is 0 Å². The minimum absolute atomic E-state index is 0.123. The first-order valence-corrected chi connectivity index (χ1v) is 11.8. The zero-order chi connectivity index (χ0) is 21.5. The molecule has 0 aromatic heterocycles. The molecule has 4 atom stereocenters. The Morgan fingerprint density at radius 3 is 1.39 bits per heavy atom. The Morgan fingerprint density at radius 2 is 0.935 bits per heavy atom. The third-order valence-electron chi connectivity index (χ3n) is 6.80. The molecule has 2 aromatic rings. The summed E-state index contributed by atoms with van der Waals surface area (Å²) in [6.07, 6.45) is 15.6. The predicted octanol–water partition coefficient (Wildman–Crippen LogP) is 6.58. The molecule has 0 fully saturated rings. The maximum atomic E-state index is 10.9. The van der Waals surface area contributed by atoms with Crippen LogP contribution in [0, 0.1) is 0 Å². The molecule has 164 valence electrons. The second-order valence-electron chi connectivity index (χ2n) is 8.90. The van der Waals surface area contributed by atoms with E-state index in [1.165, 1.54) is 11.1 Å². The number of allylic oxidation sites excluding steroid dienone is 4. The van der Waals surface area contributed by atoms with Gasteiger partial charge in [-0.25, -0.2) is 0 Å². The SMILES string of the molecule is OC1CC/C=C\CCC1c1ccccc1Nc1ccccc1C1CC/C=C\CCC1O. The molecule has 0 saturated heterocycles. The number of aliphatic hydroxyl groups excluding tert-OH is 2. The van der Waals surface area contributed by atoms with Gasteiger partial charge in [0.1, 0.15) is 0 Å². The second kappa shape index (κ2) is 10.8. The largest absolute Gasteiger partial charge is 0.392 e. The summed E-state index contributed by atoms with van der Waals surface area (Å²) >= 11 is 0. The molecule has 0 radical (unpaired) electrons. The van der Waals surface area contributed by atoms with Gasteiger partial charge in [-0.1, -0.05) is 60.7 Å². The van der Waals surface area contributed by atoms with Crippen molar-refractivity contribution in [2.45, 2.75) is 75.4 Å². The van der Waals surface area contributed by atoms with Crippen LogP contribution in [0.3, 0.4) is 0 Å². The summed E-state index contributed by atoms with van der Waals surface area (Å²) in [6, 6.07) is 16.8. The quantitative estimate of drug-likeness (QED) is 0.493. The number of para-hydroxylation sites is 2. The van der Waals surface area contributed by atoms with Crippen molar-refractivity contribution in [3.05, 3.63) is 84.0 Å². The first-order valence-electron chi connectivity index (χ1n) is 11.8. The fraction of sp³-hybridized carbons (Fsp3) is 0.429. The lowest BCUT2D eigenvalue weighted by Gasteiger charge is -2.29. The summed E-state index contributed by atoms with van der Waals surface area (Å²) in [4.78, 5) is 0. The van der Waals surface area contributed by atoms with E-state index in [0.29, 0.717) is 0 Å². The van der Waals surface area contributed by atoms with Gasteiger partial charge < -0.3 is 15.5 Å². The second-order valence-corrected chi connectivity index (χ2v) is 8.90. The summed E-state index contributed by atoms with van der Waals surface area (Å²) in [6.45, 7) is 0. The van der Waals surface area contributed by atoms with Crippen LogP contribution in [0.2, 0.25) is 0 Å². The van der Waals surface area contributed by atoms with E-state index in [9.17, 15) is 10.2 Å². The molecule has 4 rings (SSSR count). The van der Waals surface area contributed by atoms with Crippen molar-refractivity contribution in [3.8, 4) is 0 Å². The number of aliphatic hydroxyl groups is 2. The van der Waals surface area contributed by atoms with E-state index in [1.807, 2.05) is 0 Å². The maximum absolute atomic E-state index is 10.9. The highest BCUT2D eigenvalue weighted by Gasteiger charge is 2.26. The Kier molecular flexibility index (Phi) is 7.61. The van der Waals surface area contributed by atoms with Gasteiger partial charge in [0.2, 0.25) is 0 Å². The number of rotatable bonds is 4. The Labute approximate surface area is 186 Å². The first kappa shape index (κ1) is 21.9. The molecule has 0 spiro atoms. The lowest BCUT2D eigenvalue weighted by molar-refractivity contribution is 0.129. The van der Waals surface area contributed by atoms with E-state index in [2.05, 4.69) is 78.2 Å². The van der Waals surface area contributed by atoms with E-state index in [-0.39, 0.29) is 24.0 Å². The molecule has 4 unspecified atom stereocenters. The highest BCUT2D eigenvalue weighted by atomic mass is 16.3. The molecule has 2 aliphatic rings. The fourth-order valence-electron chi connectivity index (χ4n) is 5.08. The average Bonchev–Trinajstić information content (AvgIpc) is 2.76. The minimum atomic E-state index is -0.331. The number of benzene rings is 2. The lowest BCUT2D eigenvalue weighted by Crippen LogP contribution is -2.21. The van der Waals surface area contributed by atoms with E-state index in [1.54, 1.807) is 0 Å². The molecule has 3 heteroatoms. The van der Waals surface area contributed by atoms with E-state index < -0.39 is 0 Å². The number of nitrogens with one attached hydrogen (secondary N) is 1. The van der Waals surface area contributed by atoms with Gasteiger partial charge in [-0.3, -0.25) is 0 Å². The maximum Gasteiger partial charge on any atom is 0.0612 e. The third kappa shape index (κ3) is 5.47.